The normalized spacial score (nSPS) is 20.3. The van der Waals surface area contributed by atoms with Crippen LogP contribution in [-0.4, -0.2) is 16.1 Å². The summed E-state index contributed by atoms with van der Waals surface area (Å²) in [5.41, 5.74) is 2.16. The summed E-state index contributed by atoms with van der Waals surface area (Å²) in [4.78, 5) is 25.1. The lowest BCUT2D eigenvalue weighted by Crippen LogP contribution is -2.28. The summed E-state index contributed by atoms with van der Waals surface area (Å²) in [5, 5.41) is 5.66. The number of carbonyl (C=O) groups is 2. The van der Waals surface area contributed by atoms with Crippen molar-refractivity contribution in [1.29, 1.82) is 0 Å². The molecule has 2 N–H and O–H groups in total. The van der Waals surface area contributed by atoms with E-state index < -0.39 is 9.75 Å². The van der Waals surface area contributed by atoms with Crippen LogP contribution in [0.3, 0.4) is 0 Å². The molecule has 1 atom stereocenters. The Bertz CT molecular complexity index is 849. The maximum Gasteiger partial charge on any atom is 0.253 e. The van der Waals surface area contributed by atoms with Gasteiger partial charge in [0.05, 0.1) is 16.7 Å². The van der Waals surface area contributed by atoms with Crippen LogP contribution in [0, 0.1) is 12.3 Å². The minimum absolute atomic E-state index is 0.259. The number of hydrogen-bond acceptors (Lipinski definition) is 2. The van der Waals surface area contributed by atoms with Crippen LogP contribution in [0.1, 0.15) is 34.8 Å². The van der Waals surface area contributed by atoms with E-state index in [-0.39, 0.29) is 11.8 Å². The molecule has 136 valence electrons. The van der Waals surface area contributed by atoms with Crippen LogP contribution < -0.4 is 10.6 Å². The summed E-state index contributed by atoms with van der Waals surface area (Å²) in [7, 11) is 0. The molecule has 0 aliphatic heterocycles. The first-order valence-corrected chi connectivity index (χ1v) is 9.11. The molecule has 0 radical (unpaired) electrons. The zero-order chi connectivity index (χ0) is 18.9. The largest absolute Gasteiger partial charge is 0.348 e. The van der Waals surface area contributed by atoms with E-state index in [4.69, 9.17) is 23.2 Å². The van der Waals surface area contributed by atoms with Crippen molar-refractivity contribution in [3.63, 3.8) is 0 Å². The number of halogens is 2. The van der Waals surface area contributed by atoms with Crippen LogP contribution in [-0.2, 0) is 11.3 Å². The predicted octanol–water partition coefficient (Wildman–Crippen LogP) is 4.45. The molecule has 6 heteroatoms. The molecule has 1 aliphatic rings. The van der Waals surface area contributed by atoms with Gasteiger partial charge < -0.3 is 10.6 Å². The van der Waals surface area contributed by atoms with E-state index in [1.54, 1.807) is 31.2 Å². The maximum absolute atomic E-state index is 12.6. The average Bonchev–Trinajstić information content (AvgIpc) is 3.14. The second-order valence-electron chi connectivity index (χ2n) is 6.88. The maximum atomic E-state index is 12.6. The standard InChI is InChI=1S/C20H20Cl2N2O2/c1-13-7-9-14(10-8-13)11-23-17(25)15-5-3-4-6-16(15)24-18(26)19(2)12-20(19,21)22/h3-10H,11-12H2,1-2H3,(H,23,25)(H,24,26). The molecule has 3 rings (SSSR count). The number of benzene rings is 2. The highest BCUT2D eigenvalue weighted by molar-refractivity contribution is 6.53. The van der Waals surface area contributed by atoms with E-state index in [0.717, 1.165) is 11.1 Å². The van der Waals surface area contributed by atoms with E-state index >= 15 is 0 Å². The summed E-state index contributed by atoms with van der Waals surface area (Å²) in [6.07, 6.45) is 0.386. The average molecular weight is 391 g/mol. The molecule has 2 aromatic carbocycles. The molecule has 1 aliphatic carbocycles. The monoisotopic (exact) mass is 390 g/mol. The van der Waals surface area contributed by atoms with Crippen molar-refractivity contribution in [3.8, 4) is 0 Å². The number of rotatable bonds is 5. The van der Waals surface area contributed by atoms with Gasteiger partial charge >= 0.3 is 0 Å². The van der Waals surface area contributed by atoms with Gasteiger partial charge in [0.2, 0.25) is 5.91 Å². The molecule has 0 bridgehead atoms. The van der Waals surface area contributed by atoms with Crippen LogP contribution >= 0.6 is 23.2 Å². The number of amides is 2. The molecule has 1 fully saturated rings. The van der Waals surface area contributed by atoms with E-state index in [1.165, 1.54) is 0 Å². The second kappa shape index (κ2) is 6.93. The Labute approximate surface area is 162 Å². The summed E-state index contributed by atoms with van der Waals surface area (Å²) < 4.78 is -1.06. The minimum Gasteiger partial charge on any atom is -0.348 e. The summed E-state index contributed by atoms with van der Waals surface area (Å²) in [6.45, 7) is 4.13. The van der Waals surface area contributed by atoms with E-state index in [9.17, 15) is 9.59 Å². The molecule has 2 aromatic rings. The number of para-hydroxylation sites is 1. The summed E-state index contributed by atoms with van der Waals surface area (Å²) >= 11 is 12.1. The Hall–Kier alpha value is -2.04. The van der Waals surface area contributed by atoms with Crippen LogP contribution in [0.4, 0.5) is 5.69 Å². The Morgan fingerprint density at radius 2 is 1.69 bits per heavy atom. The lowest BCUT2D eigenvalue weighted by Gasteiger charge is -2.15. The van der Waals surface area contributed by atoms with Gasteiger partial charge in [-0.25, -0.2) is 0 Å². The third-order valence-electron chi connectivity index (χ3n) is 4.75. The molecule has 2 amide bonds. The molecule has 0 aromatic heterocycles. The number of alkyl halides is 2. The Morgan fingerprint density at radius 3 is 2.31 bits per heavy atom. The van der Waals surface area contributed by atoms with Gasteiger partial charge in [-0.05, 0) is 38.0 Å². The van der Waals surface area contributed by atoms with Crippen molar-refractivity contribution in [1.82, 2.24) is 5.32 Å². The fourth-order valence-corrected chi connectivity index (χ4v) is 3.39. The highest BCUT2D eigenvalue weighted by Gasteiger charge is 2.67. The predicted molar refractivity (Wildman–Crippen MR) is 105 cm³/mol. The first kappa shape index (κ1) is 18.7. The molecular formula is C20H20Cl2N2O2. The van der Waals surface area contributed by atoms with Crippen LogP contribution in [0.5, 0.6) is 0 Å². The van der Waals surface area contributed by atoms with Gasteiger partial charge in [-0.1, -0.05) is 42.0 Å². The van der Waals surface area contributed by atoms with Crippen molar-refractivity contribution >= 4 is 40.7 Å². The Balaban J connectivity index is 1.69. The summed E-state index contributed by atoms with van der Waals surface area (Å²) in [5.74, 6) is -0.549. The molecule has 4 nitrogen and oxygen atoms in total. The first-order valence-electron chi connectivity index (χ1n) is 8.35. The molecule has 0 saturated heterocycles. The molecule has 0 heterocycles. The molecular weight excluding hydrogens is 371 g/mol. The van der Waals surface area contributed by atoms with Gasteiger partial charge in [-0.3, -0.25) is 9.59 Å². The number of aryl methyl sites for hydroxylation is 1. The third kappa shape index (κ3) is 3.71. The van der Waals surface area contributed by atoms with Crippen molar-refractivity contribution in [2.45, 2.75) is 31.1 Å². The highest BCUT2D eigenvalue weighted by atomic mass is 35.5. The highest BCUT2D eigenvalue weighted by Crippen LogP contribution is 2.64. The summed E-state index contributed by atoms with van der Waals surface area (Å²) in [6, 6.07) is 14.8. The molecule has 26 heavy (non-hydrogen) atoms. The van der Waals surface area contributed by atoms with Crippen LogP contribution in [0.15, 0.2) is 48.5 Å². The smallest absolute Gasteiger partial charge is 0.253 e. The lowest BCUT2D eigenvalue weighted by atomic mass is 10.1. The quantitative estimate of drug-likeness (QED) is 0.740. The van der Waals surface area contributed by atoms with E-state index in [1.807, 2.05) is 31.2 Å². The zero-order valence-corrected chi connectivity index (χ0v) is 16.1. The number of carbonyl (C=O) groups excluding carboxylic acids is 2. The van der Waals surface area contributed by atoms with Crippen LogP contribution in [0.2, 0.25) is 0 Å². The Kier molecular flexibility index (Phi) is 5.00. The SMILES string of the molecule is Cc1ccc(CNC(=O)c2ccccc2NC(=O)C2(C)CC2(Cl)Cl)cc1. The van der Waals surface area contributed by atoms with Gasteiger partial charge in [0.15, 0.2) is 0 Å². The molecule has 0 spiro atoms. The lowest BCUT2D eigenvalue weighted by molar-refractivity contribution is -0.120. The van der Waals surface area contributed by atoms with Gasteiger partial charge in [0.25, 0.3) is 5.91 Å². The Morgan fingerprint density at radius 1 is 1.08 bits per heavy atom. The number of hydrogen-bond donors (Lipinski definition) is 2. The fourth-order valence-electron chi connectivity index (χ4n) is 2.68. The van der Waals surface area contributed by atoms with Gasteiger partial charge in [-0.15, -0.1) is 23.2 Å². The van der Waals surface area contributed by atoms with Gasteiger partial charge in [-0.2, -0.15) is 0 Å². The van der Waals surface area contributed by atoms with Crippen molar-refractivity contribution in [3.05, 3.63) is 65.2 Å². The minimum atomic E-state index is -1.06. The number of nitrogens with one attached hydrogen (secondary N) is 2. The zero-order valence-electron chi connectivity index (χ0n) is 14.6. The second-order valence-corrected chi connectivity index (χ2v) is 8.37. The molecule has 1 saturated carbocycles. The van der Waals surface area contributed by atoms with Crippen molar-refractivity contribution in [2.24, 2.45) is 5.41 Å². The first-order chi connectivity index (χ1) is 12.2. The third-order valence-corrected chi connectivity index (χ3v) is 5.85. The molecule has 1 unspecified atom stereocenters. The van der Waals surface area contributed by atoms with Crippen molar-refractivity contribution in [2.75, 3.05) is 5.32 Å². The van der Waals surface area contributed by atoms with E-state index in [0.29, 0.717) is 24.2 Å². The topological polar surface area (TPSA) is 58.2 Å². The van der Waals surface area contributed by atoms with Crippen LogP contribution in [0.25, 0.3) is 0 Å². The van der Waals surface area contributed by atoms with Gasteiger partial charge in [0.1, 0.15) is 4.33 Å². The van der Waals surface area contributed by atoms with Gasteiger partial charge in [0, 0.05) is 6.54 Å². The number of anilines is 1. The fraction of sp³-hybridized carbons (Fsp3) is 0.300. The van der Waals surface area contributed by atoms with Crippen molar-refractivity contribution < 1.29 is 9.59 Å². The van der Waals surface area contributed by atoms with E-state index in [2.05, 4.69) is 10.6 Å².